The van der Waals surface area contributed by atoms with Crippen molar-refractivity contribution in [1.29, 1.82) is 5.26 Å². The van der Waals surface area contributed by atoms with Crippen molar-refractivity contribution in [2.75, 3.05) is 6.61 Å². The van der Waals surface area contributed by atoms with Crippen LogP contribution in [0, 0.1) is 11.3 Å². The number of aromatic nitrogens is 2. The molecule has 2 aromatic heterocycles. The molecule has 118 valence electrons. The summed E-state index contributed by atoms with van der Waals surface area (Å²) in [4.78, 5) is 19.9. The highest BCUT2D eigenvalue weighted by atomic mass is 19.4. The Bertz CT molecular complexity index is 727. The van der Waals surface area contributed by atoms with E-state index in [4.69, 9.17) is 0 Å². The molecule has 0 fully saturated rings. The maximum absolute atomic E-state index is 12.4. The summed E-state index contributed by atoms with van der Waals surface area (Å²) in [5.74, 6) is -2.09. The first-order valence-corrected chi connectivity index (χ1v) is 6.41. The molecule has 0 aliphatic rings. The smallest absolute Gasteiger partial charge is 0.422 e. The molecule has 0 N–H and O–H groups in total. The van der Waals surface area contributed by atoms with Crippen LogP contribution in [0.4, 0.5) is 13.2 Å². The summed E-state index contributed by atoms with van der Waals surface area (Å²) >= 11 is 0. The second-order valence-corrected chi connectivity index (χ2v) is 4.47. The van der Waals surface area contributed by atoms with Crippen molar-refractivity contribution < 1.29 is 22.7 Å². The Labute approximate surface area is 129 Å². The van der Waals surface area contributed by atoms with Gasteiger partial charge in [-0.05, 0) is 18.2 Å². The monoisotopic (exact) mass is 321 g/mol. The Morgan fingerprint density at radius 3 is 2.65 bits per heavy atom. The average Bonchev–Trinajstić information content (AvgIpc) is 2.54. The van der Waals surface area contributed by atoms with Gasteiger partial charge in [0.2, 0.25) is 5.88 Å². The molecule has 0 unspecified atom stereocenters. The van der Waals surface area contributed by atoms with Crippen LogP contribution in [-0.4, -0.2) is 28.5 Å². The minimum Gasteiger partial charge on any atom is -0.468 e. The fourth-order valence-electron chi connectivity index (χ4n) is 1.77. The van der Waals surface area contributed by atoms with Gasteiger partial charge in [-0.3, -0.25) is 9.78 Å². The van der Waals surface area contributed by atoms with E-state index in [1.807, 2.05) is 6.07 Å². The molecule has 2 rings (SSSR count). The van der Waals surface area contributed by atoms with Gasteiger partial charge in [-0.1, -0.05) is 6.07 Å². The standard InChI is InChI=1S/C15H10F3N3O2/c16-15(17,18)9-23-13-7-10(4-6-21-13)14(22)11(8-19)12-3-1-2-5-20-12/h1-7,11H,9H2/t11-/m0/s1. The van der Waals surface area contributed by atoms with Crippen molar-refractivity contribution in [3.05, 3.63) is 54.0 Å². The second kappa shape index (κ2) is 6.87. The predicted octanol–water partition coefficient (Wildman–Crippen LogP) is 2.91. The van der Waals surface area contributed by atoms with Crippen molar-refractivity contribution in [2.24, 2.45) is 0 Å². The van der Waals surface area contributed by atoms with Gasteiger partial charge in [-0.25, -0.2) is 4.98 Å². The van der Waals surface area contributed by atoms with E-state index in [1.54, 1.807) is 12.1 Å². The van der Waals surface area contributed by atoms with E-state index in [1.165, 1.54) is 18.3 Å². The minimum atomic E-state index is -4.51. The number of pyridine rings is 2. The number of halogens is 3. The summed E-state index contributed by atoms with van der Waals surface area (Å²) in [6.45, 7) is -1.51. The molecular formula is C15H10F3N3O2. The number of ketones is 1. The minimum absolute atomic E-state index is 0.0226. The van der Waals surface area contributed by atoms with Crippen LogP contribution in [0.1, 0.15) is 22.0 Å². The normalized spacial score (nSPS) is 12.3. The molecule has 0 bridgehead atoms. The maximum atomic E-state index is 12.4. The molecule has 0 amide bonds. The maximum Gasteiger partial charge on any atom is 0.422 e. The Balaban J connectivity index is 2.21. The predicted molar refractivity (Wildman–Crippen MR) is 72.7 cm³/mol. The molecule has 0 saturated carbocycles. The van der Waals surface area contributed by atoms with Gasteiger partial charge in [0.1, 0.15) is 0 Å². The number of hydrogen-bond donors (Lipinski definition) is 0. The number of nitriles is 1. The number of hydrogen-bond acceptors (Lipinski definition) is 5. The summed E-state index contributed by atoms with van der Waals surface area (Å²) in [6.07, 6.45) is -1.92. The zero-order valence-electron chi connectivity index (χ0n) is 11.6. The summed E-state index contributed by atoms with van der Waals surface area (Å²) in [5.41, 5.74) is 0.281. The van der Waals surface area contributed by atoms with Gasteiger partial charge >= 0.3 is 6.18 Å². The van der Waals surface area contributed by atoms with Crippen LogP contribution in [0.5, 0.6) is 5.88 Å². The lowest BCUT2D eigenvalue weighted by molar-refractivity contribution is -0.154. The van der Waals surface area contributed by atoms with Crippen molar-refractivity contribution in [2.45, 2.75) is 12.1 Å². The number of carbonyl (C=O) groups excluding carboxylic acids is 1. The lowest BCUT2D eigenvalue weighted by Crippen LogP contribution is -2.20. The fourth-order valence-corrected chi connectivity index (χ4v) is 1.77. The summed E-state index contributed by atoms with van der Waals surface area (Å²) in [5, 5.41) is 9.18. The number of rotatable bonds is 5. The largest absolute Gasteiger partial charge is 0.468 e. The molecule has 0 radical (unpaired) electrons. The van der Waals surface area contributed by atoms with Crippen LogP contribution < -0.4 is 4.74 Å². The summed E-state index contributed by atoms with van der Waals surface area (Å²) in [6, 6.07) is 9.00. The SMILES string of the molecule is N#C[C@H](C(=O)c1ccnc(OCC(F)(F)F)c1)c1ccccn1. The third-order valence-electron chi connectivity index (χ3n) is 2.78. The van der Waals surface area contributed by atoms with Gasteiger partial charge in [0.15, 0.2) is 18.3 Å². The van der Waals surface area contributed by atoms with E-state index >= 15 is 0 Å². The molecule has 0 aliphatic carbocycles. The van der Waals surface area contributed by atoms with Crippen molar-refractivity contribution in [1.82, 2.24) is 9.97 Å². The molecule has 5 nitrogen and oxygen atoms in total. The van der Waals surface area contributed by atoms with Crippen molar-refractivity contribution in [3.8, 4) is 11.9 Å². The lowest BCUT2D eigenvalue weighted by Gasteiger charge is -2.10. The molecule has 23 heavy (non-hydrogen) atoms. The highest BCUT2D eigenvalue weighted by Gasteiger charge is 2.29. The quantitative estimate of drug-likeness (QED) is 0.792. The third kappa shape index (κ3) is 4.51. The van der Waals surface area contributed by atoms with Gasteiger partial charge in [0.25, 0.3) is 0 Å². The summed E-state index contributed by atoms with van der Waals surface area (Å²) < 4.78 is 40.9. The van der Waals surface area contributed by atoms with Gasteiger partial charge in [-0.2, -0.15) is 18.4 Å². The topological polar surface area (TPSA) is 75.9 Å². The second-order valence-electron chi connectivity index (χ2n) is 4.47. The molecule has 2 heterocycles. The molecule has 8 heteroatoms. The fraction of sp³-hybridized carbons (Fsp3) is 0.200. The zero-order valence-corrected chi connectivity index (χ0v) is 11.6. The van der Waals surface area contributed by atoms with Crippen LogP contribution >= 0.6 is 0 Å². The van der Waals surface area contributed by atoms with Crippen molar-refractivity contribution >= 4 is 5.78 Å². The Kier molecular flexibility index (Phi) is 4.91. The number of nitrogens with zero attached hydrogens (tertiary/aromatic N) is 3. The van der Waals surface area contributed by atoms with E-state index in [-0.39, 0.29) is 17.1 Å². The molecular weight excluding hydrogens is 311 g/mol. The van der Waals surface area contributed by atoms with E-state index in [2.05, 4.69) is 14.7 Å². The molecule has 0 saturated heterocycles. The van der Waals surface area contributed by atoms with Gasteiger partial charge < -0.3 is 4.74 Å². The third-order valence-corrected chi connectivity index (χ3v) is 2.78. The Morgan fingerprint density at radius 2 is 2.04 bits per heavy atom. The highest BCUT2D eigenvalue weighted by Crippen LogP contribution is 2.22. The molecule has 1 atom stereocenters. The number of alkyl halides is 3. The van der Waals surface area contributed by atoms with Gasteiger partial charge in [0.05, 0.1) is 11.8 Å². The van der Waals surface area contributed by atoms with Crippen LogP contribution in [0.15, 0.2) is 42.7 Å². The first-order chi connectivity index (χ1) is 10.9. The van der Waals surface area contributed by atoms with E-state index in [0.29, 0.717) is 0 Å². The van der Waals surface area contributed by atoms with Crippen molar-refractivity contribution in [3.63, 3.8) is 0 Å². The number of ether oxygens (including phenoxy) is 1. The molecule has 0 aromatic carbocycles. The number of carbonyl (C=O) groups is 1. The highest BCUT2D eigenvalue weighted by molar-refractivity contribution is 6.02. The average molecular weight is 321 g/mol. The first kappa shape index (κ1) is 16.4. The molecule has 0 aliphatic heterocycles. The van der Waals surface area contributed by atoms with Crippen LogP contribution in [-0.2, 0) is 0 Å². The van der Waals surface area contributed by atoms with Crippen LogP contribution in [0.2, 0.25) is 0 Å². The van der Waals surface area contributed by atoms with E-state index in [0.717, 1.165) is 12.3 Å². The Morgan fingerprint density at radius 1 is 1.26 bits per heavy atom. The van der Waals surface area contributed by atoms with Crippen LogP contribution in [0.25, 0.3) is 0 Å². The molecule has 0 spiro atoms. The van der Waals surface area contributed by atoms with E-state index in [9.17, 15) is 23.2 Å². The van der Waals surface area contributed by atoms with Gasteiger partial charge in [-0.15, -0.1) is 0 Å². The van der Waals surface area contributed by atoms with Crippen LogP contribution in [0.3, 0.4) is 0 Å². The number of Topliss-reactive ketones (excluding diaryl/α,β-unsaturated/α-hetero) is 1. The lowest BCUT2D eigenvalue weighted by atomic mass is 9.96. The first-order valence-electron chi connectivity index (χ1n) is 6.41. The zero-order chi connectivity index (χ0) is 16.9. The Hall–Kier alpha value is -2.95. The van der Waals surface area contributed by atoms with E-state index < -0.39 is 24.5 Å². The molecule has 2 aromatic rings. The summed E-state index contributed by atoms with van der Waals surface area (Å²) in [7, 11) is 0. The van der Waals surface area contributed by atoms with Gasteiger partial charge in [0, 0.05) is 24.0 Å².